The van der Waals surface area contributed by atoms with Gasteiger partial charge in [0.15, 0.2) is 0 Å². The molecule has 0 radical (unpaired) electrons. The van der Waals surface area contributed by atoms with Crippen LogP contribution in [0.1, 0.15) is 32.6 Å². The second-order valence-electron chi connectivity index (χ2n) is 4.73. The normalized spacial score (nSPS) is 23.2. The monoisotopic (exact) mass is 239 g/mol. The lowest BCUT2D eigenvalue weighted by atomic mass is 10.1. The van der Waals surface area contributed by atoms with Crippen LogP contribution in [-0.4, -0.2) is 50.3 Å². The first-order valence-electron chi connectivity index (χ1n) is 6.68. The SMILES string of the molecule is CCCNC(C#N)CCN1CCCC(OC)C1. The molecule has 1 heterocycles. The van der Waals surface area contributed by atoms with Gasteiger partial charge in [-0.05, 0) is 38.8 Å². The Hall–Kier alpha value is -0.630. The Morgan fingerprint density at radius 1 is 1.59 bits per heavy atom. The van der Waals surface area contributed by atoms with Crippen molar-refractivity contribution >= 4 is 0 Å². The molecule has 1 rings (SSSR count). The van der Waals surface area contributed by atoms with E-state index in [9.17, 15) is 0 Å². The minimum atomic E-state index is -0.00197. The molecule has 4 nitrogen and oxygen atoms in total. The van der Waals surface area contributed by atoms with E-state index in [1.54, 1.807) is 7.11 Å². The lowest BCUT2D eigenvalue weighted by Gasteiger charge is -2.32. The Morgan fingerprint density at radius 2 is 2.41 bits per heavy atom. The topological polar surface area (TPSA) is 48.3 Å². The highest BCUT2D eigenvalue weighted by Gasteiger charge is 2.19. The Morgan fingerprint density at radius 3 is 3.06 bits per heavy atom. The third-order valence-corrected chi connectivity index (χ3v) is 3.33. The largest absolute Gasteiger partial charge is 0.380 e. The number of hydrogen-bond donors (Lipinski definition) is 1. The number of rotatable bonds is 7. The van der Waals surface area contributed by atoms with Gasteiger partial charge in [-0.15, -0.1) is 0 Å². The van der Waals surface area contributed by atoms with E-state index in [0.717, 1.165) is 39.0 Å². The summed E-state index contributed by atoms with van der Waals surface area (Å²) in [5.41, 5.74) is 0. The van der Waals surface area contributed by atoms with E-state index in [1.165, 1.54) is 12.8 Å². The van der Waals surface area contributed by atoms with Gasteiger partial charge in [0.1, 0.15) is 0 Å². The first-order valence-corrected chi connectivity index (χ1v) is 6.68. The van der Waals surface area contributed by atoms with Crippen LogP contribution < -0.4 is 5.32 Å². The molecule has 0 bridgehead atoms. The summed E-state index contributed by atoms with van der Waals surface area (Å²) in [6.07, 6.45) is 4.74. The zero-order chi connectivity index (χ0) is 12.5. The predicted octanol–water partition coefficient (Wildman–Crippen LogP) is 1.38. The van der Waals surface area contributed by atoms with E-state index in [2.05, 4.69) is 23.2 Å². The minimum Gasteiger partial charge on any atom is -0.380 e. The summed E-state index contributed by atoms with van der Waals surface area (Å²) in [6.45, 7) is 6.21. The standard InChI is InChI=1S/C13H25N3O/c1-3-7-15-12(10-14)6-9-16-8-4-5-13(11-16)17-2/h12-13,15H,3-9,11H2,1-2H3. The van der Waals surface area contributed by atoms with Gasteiger partial charge in [-0.2, -0.15) is 5.26 Å². The van der Waals surface area contributed by atoms with Gasteiger partial charge in [-0.25, -0.2) is 0 Å². The molecule has 0 aromatic carbocycles. The van der Waals surface area contributed by atoms with Gasteiger partial charge in [0, 0.05) is 20.2 Å². The van der Waals surface area contributed by atoms with Crippen molar-refractivity contribution in [2.24, 2.45) is 0 Å². The van der Waals surface area contributed by atoms with Crippen LogP contribution >= 0.6 is 0 Å². The zero-order valence-electron chi connectivity index (χ0n) is 11.1. The van der Waals surface area contributed by atoms with Gasteiger partial charge in [-0.3, -0.25) is 0 Å². The molecule has 0 amide bonds. The molecule has 17 heavy (non-hydrogen) atoms. The molecule has 1 N–H and O–H groups in total. The zero-order valence-corrected chi connectivity index (χ0v) is 11.1. The van der Waals surface area contributed by atoms with Crippen molar-refractivity contribution in [1.82, 2.24) is 10.2 Å². The quantitative estimate of drug-likeness (QED) is 0.729. The Labute approximate surface area is 105 Å². The van der Waals surface area contributed by atoms with E-state index in [4.69, 9.17) is 10.00 Å². The van der Waals surface area contributed by atoms with Gasteiger partial charge < -0.3 is 15.0 Å². The average molecular weight is 239 g/mol. The fourth-order valence-corrected chi connectivity index (χ4v) is 2.25. The fourth-order valence-electron chi connectivity index (χ4n) is 2.25. The number of ether oxygens (including phenoxy) is 1. The van der Waals surface area contributed by atoms with Crippen LogP contribution in [-0.2, 0) is 4.74 Å². The average Bonchev–Trinajstić information content (AvgIpc) is 2.39. The van der Waals surface area contributed by atoms with Crippen molar-refractivity contribution in [3.63, 3.8) is 0 Å². The summed E-state index contributed by atoms with van der Waals surface area (Å²) in [7, 11) is 1.79. The highest BCUT2D eigenvalue weighted by Crippen LogP contribution is 2.12. The van der Waals surface area contributed by atoms with Gasteiger partial charge in [0.2, 0.25) is 0 Å². The van der Waals surface area contributed by atoms with Crippen molar-refractivity contribution in [3.8, 4) is 6.07 Å². The summed E-state index contributed by atoms with van der Waals surface area (Å²) in [4.78, 5) is 2.41. The Kier molecular flexibility index (Phi) is 7.18. The van der Waals surface area contributed by atoms with Crippen LogP contribution in [0.2, 0.25) is 0 Å². The van der Waals surface area contributed by atoms with Gasteiger partial charge in [-0.1, -0.05) is 6.92 Å². The van der Waals surface area contributed by atoms with Crippen molar-refractivity contribution in [1.29, 1.82) is 5.26 Å². The number of nitriles is 1. The summed E-state index contributed by atoms with van der Waals surface area (Å²) in [5, 5.41) is 12.3. The summed E-state index contributed by atoms with van der Waals surface area (Å²) < 4.78 is 5.40. The lowest BCUT2D eigenvalue weighted by Crippen LogP contribution is -2.41. The number of methoxy groups -OCH3 is 1. The summed E-state index contributed by atoms with van der Waals surface area (Å²) >= 11 is 0. The fraction of sp³-hybridized carbons (Fsp3) is 0.923. The second kappa shape index (κ2) is 8.46. The van der Waals surface area contributed by atoms with Gasteiger partial charge in [0.25, 0.3) is 0 Å². The third kappa shape index (κ3) is 5.49. The van der Waals surface area contributed by atoms with Crippen LogP contribution in [0.25, 0.3) is 0 Å². The summed E-state index contributed by atoms with van der Waals surface area (Å²) in [6, 6.07) is 2.33. The smallest absolute Gasteiger partial charge is 0.0965 e. The third-order valence-electron chi connectivity index (χ3n) is 3.33. The van der Waals surface area contributed by atoms with E-state index >= 15 is 0 Å². The second-order valence-corrected chi connectivity index (χ2v) is 4.73. The molecule has 0 aromatic heterocycles. The van der Waals surface area contributed by atoms with Crippen LogP contribution in [0.15, 0.2) is 0 Å². The molecule has 1 fully saturated rings. The molecular weight excluding hydrogens is 214 g/mol. The molecule has 0 aliphatic carbocycles. The van der Waals surface area contributed by atoms with Crippen molar-refractivity contribution in [2.45, 2.75) is 44.8 Å². The van der Waals surface area contributed by atoms with Crippen LogP contribution in [0.5, 0.6) is 0 Å². The van der Waals surface area contributed by atoms with E-state index in [0.29, 0.717) is 6.10 Å². The summed E-state index contributed by atoms with van der Waals surface area (Å²) in [5.74, 6) is 0. The number of likely N-dealkylation sites (tertiary alicyclic amines) is 1. The minimum absolute atomic E-state index is 0.00197. The Balaban J connectivity index is 2.21. The molecule has 4 heteroatoms. The highest BCUT2D eigenvalue weighted by molar-refractivity contribution is 4.90. The molecule has 1 aliphatic heterocycles. The molecule has 1 aliphatic rings. The van der Waals surface area contributed by atoms with E-state index in [1.807, 2.05) is 0 Å². The number of hydrogen-bond acceptors (Lipinski definition) is 4. The number of piperidine rings is 1. The maximum Gasteiger partial charge on any atom is 0.0965 e. The van der Waals surface area contributed by atoms with Crippen LogP contribution in [0, 0.1) is 11.3 Å². The number of nitrogens with zero attached hydrogens (tertiary/aromatic N) is 2. The van der Waals surface area contributed by atoms with Crippen molar-refractivity contribution in [2.75, 3.05) is 33.3 Å². The maximum absolute atomic E-state index is 9.02. The first-order chi connectivity index (χ1) is 8.30. The Bertz CT molecular complexity index is 239. The van der Waals surface area contributed by atoms with Crippen molar-refractivity contribution < 1.29 is 4.74 Å². The molecule has 2 unspecified atom stereocenters. The number of nitrogens with one attached hydrogen (secondary N) is 1. The van der Waals surface area contributed by atoms with Gasteiger partial charge in [0.05, 0.1) is 18.2 Å². The van der Waals surface area contributed by atoms with Gasteiger partial charge >= 0.3 is 0 Å². The van der Waals surface area contributed by atoms with Crippen molar-refractivity contribution in [3.05, 3.63) is 0 Å². The molecule has 2 atom stereocenters. The molecule has 98 valence electrons. The molecule has 0 aromatic rings. The predicted molar refractivity (Wildman–Crippen MR) is 68.8 cm³/mol. The highest BCUT2D eigenvalue weighted by atomic mass is 16.5. The van der Waals surface area contributed by atoms with E-state index in [-0.39, 0.29) is 6.04 Å². The molecule has 1 saturated heterocycles. The van der Waals surface area contributed by atoms with Crippen LogP contribution in [0.4, 0.5) is 0 Å². The first kappa shape index (κ1) is 14.4. The lowest BCUT2D eigenvalue weighted by molar-refractivity contribution is 0.0306. The molecule has 0 saturated carbocycles. The van der Waals surface area contributed by atoms with E-state index < -0.39 is 0 Å². The molecule has 0 spiro atoms. The van der Waals surface area contributed by atoms with Crippen LogP contribution in [0.3, 0.4) is 0 Å². The molecular formula is C13H25N3O. The maximum atomic E-state index is 9.02.